The van der Waals surface area contributed by atoms with Crippen molar-refractivity contribution >= 4 is 38.3 Å². The first-order valence-electron chi connectivity index (χ1n) is 4.97. The maximum atomic E-state index is 11.8. The van der Waals surface area contributed by atoms with Crippen molar-refractivity contribution < 1.29 is 4.21 Å². The van der Waals surface area contributed by atoms with Crippen LogP contribution in [0.5, 0.6) is 0 Å². The average molecular weight is 330 g/mol. The van der Waals surface area contributed by atoms with Gasteiger partial charge in [-0.2, -0.15) is 0 Å². The van der Waals surface area contributed by atoms with Crippen molar-refractivity contribution in [2.24, 2.45) is 0 Å². The van der Waals surface area contributed by atoms with E-state index < -0.39 is 10.8 Å². The molecule has 0 aliphatic carbocycles. The molecule has 0 N–H and O–H groups in total. The van der Waals surface area contributed by atoms with Gasteiger partial charge in [-0.05, 0) is 45.3 Å². The molecule has 0 aromatic heterocycles. The summed E-state index contributed by atoms with van der Waals surface area (Å²) in [5.41, 5.74) is 1.92. The highest BCUT2D eigenvalue weighted by Crippen LogP contribution is 2.32. The summed E-state index contributed by atoms with van der Waals surface area (Å²) in [6.07, 6.45) is 1.67. The van der Waals surface area contributed by atoms with Gasteiger partial charge in [0.05, 0.1) is 15.7 Å². The smallest absolute Gasteiger partial charge is 0.0605 e. The van der Waals surface area contributed by atoms with E-state index in [9.17, 15) is 4.21 Å². The maximum Gasteiger partial charge on any atom is 0.0605 e. The molecule has 0 heterocycles. The SMILES string of the molecule is CS(=O)c1c(Br)cccc1-c1cccc(Cl)c1. The number of benzene rings is 2. The standard InChI is InChI=1S/C13H10BrClOS/c1-17(16)13-11(6-3-7-12(13)14)9-4-2-5-10(15)8-9/h2-8H,1H3. The summed E-state index contributed by atoms with van der Waals surface area (Å²) in [7, 11) is -1.05. The van der Waals surface area contributed by atoms with E-state index in [1.165, 1.54) is 0 Å². The first-order valence-corrected chi connectivity index (χ1v) is 7.70. The van der Waals surface area contributed by atoms with Crippen LogP contribution >= 0.6 is 27.5 Å². The Bertz CT molecular complexity index is 583. The average Bonchev–Trinajstić information content (AvgIpc) is 2.28. The molecule has 2 rings (SSSR count). The zero-order valence-electron chi connectivity index (χ0n) is 9.11. The van der Waals surface area contributed by atoms with Gasteiger partial charge in [0.1, 0.15) is 0 Å². The van der Waals surface area contributed by atoms with Crippen LogP contribution in [0, 0.1) is 0 Å². The minimum absolute atomic E-state index is 0.676. The minimum atomic E-state index is -1.05. The Morgan fingerprint density at radius 2 is 1.88 bits per heavy atom. The molecule has 0 aliphatic heterocycles. The molecule has 0 saturated carbocycles. The van der Waals surface area contributed by atoms with Gasteiger partial charge in [0.2, 0.25) is 0 Å². The molecule has 0 aliphatic rings. The highest BCUT2D eigenvalue weighted by Gasteiger charge is 2.11. The summed E-state index contributed by atoms with van der Waals surface area (Å²) in [5.74, 6) is 0. The van der Waals surface area contributed by atoms with Crippen molar-refractivity contribution in [1.82, 2.24) is 0 Å². The fourth-order valence-corrected chi connectivity index (χ4v) is 3.76. The molecule has 0 fully saturated rings. The molecule has 0 saturated heterocycles. The summed E-state index contributed by atoms with van der Waals surface area (Å²) in [6.45, 7) is 0. The molecule has 2 aromatic rings. The van der Waals surface area contributed by atoms with Crippen LogP contribution < -0.4 is 0 Å². The first-order chi connectivity index (χ1) is 8.09. The van der Waals surface area contributed by atoms with Crippen LogP contribution in [0.2, 0.25) is 5.02 Å². The van der Waals surface area contributed by atoms with Crippen LogP contribution in [0.1, 0.15) is 0 Å². The molecule has 1 atom stereocenters. The van der Waals surface area contributed by atoms with Crippen molar-refractivity contribution in [3.05, 3.63) is 52.0 Å². The molecule has 0 spiro atoms. The Morgan fingerprint density at radius 1 is 1.18 bits per heavy atom. The van der Waals surface area contributed by atoms with E-state index in [-0.39, 0.29) is 0 Å². The van der Waals surface area contributed by atoms with Crippen LogP contribution in [0.25, 0.3) is 11.1 Å². The number of rotatable bonds is 2. The van der Waals surface area contributed by atoms with Crippen molar-refractivity contribution in [3.63, 3.8) is 0 Å². The molecular formula is C13H10BrClOS. The van der Waals surface area contributed by atoms with Crippen LogP contribution in [0.15, 0.2) is 51.8 Å². The topological polar surface area (TPSA) is 17.1 Å². The lowest BCUT2D eigenvalue weighted by molar-refractivity contribution is 0.686. The monoisotopic (exact) mass is 328 g/mol. The van der Waals surface area contributed by atoms with Crippen LogP contribution in [0.4, 0.5) is 0 Å². The van der Waals surface area contributed by atoms with Gasteiger partial charge in [0.25, 0.3) is 0 Å². The van der Waals surface area contributed by atoms with Gasteiger partial charge in [0.15, 0.2) is 0 Å². The van der Waals surface area contributed by atoms with Gasteiger partial charge >= 0.3 is 0 Å². The highest BCUT2D eigenvalue weighted by atomic mass is 79.9. The molecule has 0 radical (unpaired) electrons. The number of halogens is 2. The summed E-state index contributed by atoms with van der Waals surface area (Å²) >= 11 is 9.42. The zero-order valence-corrected chi connectivity index (χ0v) is 12.3. The van der Waals surface area contributed by atoms with Gasteiger partial charge in [-0.25, -0.2) is 0 Å². The Morgan fingerprint density at radius 3 is 2.53 bits per heavy atom. The lowest BCUT2D eigenvalue weighted by Crippen LogP contribution is -1.93. The van der Waals surface area contributed by atoms with E-state index in [0.717, 1.165) is 20.5 Å². The third-order valence-corrected chi connectivity index (χ3v) is 4.56. The molecule has 0 amide bonds. The molecule has 2 aromatic carbocycles. The fourth-order valence-electron chi connectivity index (χ4n) is 1.68. The molecule has 17 heavy (non-hydrogen) atoms. The van der Waals surface area contributed by atoms with Gasteiger partial charge in [-0.3, -0.25) is 4.21 Å². The van der Waals surface area contributed by atoms with E-state index in [1.807, 2.05) is 42.5 Å². The van der Waals surface area contributed by atoms with E-state index in [2.05, 4.69) is 15.9 Å². The lowest BCUT2D eigenvalue weighted by Gasteiger charge is -2.09. The third kappa shape index (κ3) is 2.79. The molecular weight excluding hydrogens is 320 g/mol. The first kappa shape index (κ1) is 12.8. The Labute approximate surface area is 116 Å². The Hall–Kier alpha value is -0.640. The third-order valence-electron chi connectivity index (χ3n) is 2.39. The molecule has 1 nitrogen and oxygen atoms in total. The van der Waals surface area contributed by atoms with Gasteiger partial charge in [-0.15, -0.1) is 0 Å². The second-order valence-corrected chi connectivity index (χ2v) is 6.19. The Balaban J connectivity index is 2.67. The van der Waals surface area contributed by atoms with Gasteiger partial charge < -0.3 is 0 Å². The quantitative estimate of drug-likeness (QED) is 0.792. The van der Waals surface area contributed by atoms with Crippen molar-refractivity contribution in [1.29, 1.82) is 0 Å². The van der Waals surface area contributed by atoms with Crippen molar-refractivity contribution in [2.45, 2.75) is 4.90 Å². The fraction of sp³-hybridized carbons (Fsp3) is 0.0769. The van der Waals surface area contributed by atoms with Crippen molar-refractivity contribution in [3.8, 4) is 11.1 Å². The predicted molar refractivity (Wildman–Crippen MR) is 76.9 cm³/mol. The van der Waals surface area contributed by atoms with E-state index in [0.29, 0.717) is 5.02 Å². The minimum Gasteiger partial charge on any atom is -0.255 e. The maximum absolute atomic E-state index is 11.8. The van der Waals surface area contributed by atoms with E-state index in [1.54, 1.807) is 6.26 Å². The van der Waals surface area contributed by atoms with Crippen molar-refractivity contribution in [2.75, 3.05) is 6.26 Å². The summed E-state index contributed by atoms with van der Waals surface area (Å²) in [4.78, 5) is 0.801. The van der Waals surface area contributed by atoms with Crippen LogP contribution in [-0.2, 0) is 10.8 Å². The molecule has 4 heteroatoms. The molecule has 0 bridgehead atoms. The zero-order chi connectivity index (χ0) is 12.4. The second-order valence-electron chi connectivity index (χ2n) is 3.58. The highest BCUT2D eigenvalue weighted by molar-refractivity contribution is 9.10. The second kappa shape index (κ2) is 5.34. The molecule has 88 valence electrons. The summed E-state index contributed by atoms with van der Waals surface area (Å²) < 4.78 is 12.7. The number of hydrogen-bond acceptors (Lipinski definition) is 1. The van der Waals surface area contributed by atoms with E-state index in [4.69, 9.17) is 11.6 Å². The van der Waals surface area contributed by atoms with E-state index >= 15 is 0 Å². The van der Waals surface area contributed by atoms with Crippen LogP contribution in [-0.4, -0.2) is 10.5 Å². The summed E-state index contributed by atoms with van der Waals surface area (Å²) in [6, 6.07) is 13.3. The lowest BCUT2D eigenvalue weighted by atomic mass is 10.1. The van der Waals surface area contributed by atoms with Gasteiger partial charge in [0, 0.05) is 15.8 Å². The number of hydrogen-bond donors (Lipinski definition) is 0. The Kier molecular flexibility index (Phi) is 4.02. The van der Waals surface area contributed by atoms with Gasteiger partial charge in [-0.1, -0.05) is 35.9 Å². The summed E-state index contributed by atoms with van der Waals surface area (Å²) in [5, 5.41) is 0.676. The molecule has 1 unspecified atom stereocenters. The normalized spacial score (nSPS) is 12.4. The van der Waals surface area contributed by atoms with Crippen LogP contribution in [0.3, 0.4) is 0 Å². The largest absolute Gasteiger partial charge is 0.255 e. The predicted octanol–water partition coefficient (Wildman–Crippen LogP) is 4.51.